The number of carbonyl (C=O) groups is 1. The first kappa shape index (κ1) is 18.4. The van der Waals surface area contributed by atoms with Crippen LogP contribution in [0.4, 0.5) is 5.13 Å². The molecule has 2 unspecified atom stereocenters. The number of thiazole rings is 1. The van der Waals surface area contributed by atoms with E-state index in [0.29, 0.717) is 36.5 Å². The zero-order chi connectivity index (χ0) is 19.8. The van der Waals surface area contributed by atoms with Crippen LogP contribution in [-0.4, -0.2) is 54.1 Å². The molecule has 2 saturated heterocycles. The molecule has 0 saturated carbocycles. The molecule has 2 bridgehead atoms. The minimum absolute atomic E-state index is 0.0539. The Morgan fingerprint density at radius 3 is 2.90 bits per heavy atom. The van der Waals surface area contributed by atoms with Crippen LogP contribution in [0, 0.1) is 11.3 Å². The van der Waals surface area contributed by atoms with Gasteiger partial charge in [0.2, 0.25) is 0 Å². The summed E-state index contributed by atoms with van der Waals surface area (Å²) in [6.07, 6.45) is 3.25. The molecule has 2 aromatic rings. The second kappa shape index (κ2) is 7.65. The average Bonchev–Trinajstić information content (AvgIpc) is 3.28. The molecule has 2 fully saturated rings. The fraction of sp³-hybridized carbons (Fsp3) is 0.476. The number of amides is 1. The van der Waals surface area contributed by atoms with E-state index >= 15 is 0 Å². The molecular weight excluding hydrogens is 386 g/mol. The number of carbonyl (C=O) groups excluding carboxylic acids is 1. The molecule has 1 N–H and O–H groups in total. The highest BCUT2D eigenvalue weighted by Gasteiger charge is 2.39. The normalized spacial score (nSPS) is 22.9. The Balaban J connectivity index is 1.25. The summed E-state index contributed by atoms with van der Waals surface area (Å²) in [4.78, 5) is 23.2. The molecule has 29 heavy (non-hydrogen) atoms. The SMILES string of the molecule is N#Cc1ccccc1OCC(=O)N1CCc2nc(N3C4CCC3CNC4)sc2C1. The number of ether oxygens (including phenoxy) is 1. The molecule has 0 radical (unpaired) electrons. The van der Waals surface area contributed by atoms with Crippen molar-refractivity contribution in [1.29, 1.82) is 5.26 Å². The average molecular weight is 410 g/mol. The van der Waals surface area contributed by atoms with Crippen molar-refractivity contribution in [3.63, 3.8) is 0 Å². The highest BCUT2D eigenvalue weighted by molar-refractivity contribution is 7.15. The third kappa shape index (κ3) is 3.45. The number of anilines is 1. The topological polar surface area (TPSA) is 81.5 Å². The summed E-state index contributed by atoms with van der Waals surface area (Å²) in [5.41, 5.74) is 1.58. The van der Waals surface area contributed by atoms with E-state index in [0.717, 1.165) is 30.3 Å². The van der Waals surface area contributed by atoms with Crippen molar-refractivity contribution in [2.75, 3.05) is 31.1 Å². The molecule has 7 nitrogen and oxygen atoms in total. The van der Waals surface area contributed by atoms with Gasteiger partial charge in [0, 0.05) is 43.0 Å². The first-order valence-corrected chi connectivity index (χ1v) is 10.9. The van der Waals surface area contributed by atoms with Crippen molar-refractivity contribution in [1.82, 2.24) is 15.2 Å². The second-order valence-corrected chi connectivity index (χ2v) is 8.84. The number of nitrogens with zero attached hydrogens (tertiary/aromatic N) is 4. The van der Waals surface area contributed by atoms with Crippen LogP contribution in [-0.2, 0) is 17.8 Å². The molecule has 5 rings (SSSR count). The quantitative estimate of drug-likeness (QED) is 0.831. The smallest absolute Gasteiger partial charge is 0.260 e. The van der Waals surface area contributed by atoms with Gasteiger partial charge in [-0.1, -0.05) is 23.5 Å². The van der Waals surface area contributed by atoms with Crippen LogP contribution in [0.3, 0.4) is 0 Å². The van der Waals surface area contributed by atoms with Gasteiger partial charge in [-0.2, -0.15) is 5.26 Å². The third-order valence-electron chi connectivity index (χ3n) is 6.03. The van der Waals surface area contributed by atoms with E-state index in [-0.39, 0.29) is 12.5 Å². The first-order chi connectivity index (χ1) is 14.2. The predicted molar refractivity (Wildman–Crippen MR) is 110 cm³/mol. The van der Waals surface area contributed by atoms with E-state index in [1.807, 2.05) is 4.90 Å². The van der Waals surface area contributed by atoms with Crippen molar-refractivity contribution in [3.8, 4) is 11.8 Å². The van der Waals surface area contributed by atoms with Gasteiger partial charge in [-0.25, -0.2) is 4.98 Å². The lowest BCUT2D eigenvalue weighted by Gasteiger charge is -2.35. The summed E-state index contributed by atoms with van der Waals surface area (Å²) in [5.74, 6) is 0.399. The number of fused-ring (bicyclic) bond motifs is 3. The van der Waals surface area contributed by atoms with E-state index < -0.39 is 0 Å². The number of para-hydroxylation sites is 1. The Labute approximate surface area is 173 Å². The second-order valence-electron chi connectivity index (χ2n) is 7.78. The number of aromatic nitrogens is 1. The minimum atomic E-state index is -0.0550. The summed E-state index contributed by atoms with van der Waals surface area (Å²) in [6, 6.07) is 10.2. The zero-order valence-corrected chi connectivity index (χ0v) is 17.0. The van der Waals surface area contributed by atoms with Crippen molar-refractivity contribution in [3.05, 3.63) is 40.4 Å². The molecule has 8 heteroatoms. The van der Waals surface area contributed by atoms with Crippen molar-refractivity contribution in [2.45, 2.75) is 37.9 Å². The zero-order valence-electron chi connectivity index (χ0n) is 16.1. The maximum Gasteiger partial charge on any atom is 0.260 e. The van der Waals surface area contributed by atoms with Crippen molar-refractivity contribution >= 4 is 22.4 Å². The van der Waals surface area contributed by atoms with Gasteiger partial charge in [0.25, 0.3) is 5.91 Å². The molecule has 3 aliphatic heterocycles. The van der Waals surface area contributed by atoms with Crippen LogP contribution >= 0.6 is 11.3 Å². The van der Waals surface area contributed by atoms with Gasteiger partial charge < -0.3 is 19.9 Å². The van der Waals surface area contributed by atoms with Gasteiger partial charge in [0.05, 0.1) is 17.8 Å². The number of piperazine rings is 1. The summed E-state index contributed by atoms with van der Waals surface area (Å²) < 4.78 is 5.63. The molecule has 150 valence electrons. The van der Waals surface area contributed by atoms with Crippen LogP contribution < -0.4 is 15.0 Å². The maximum absolute atomic E-state index is 12.7. The molecule has 1 aromatic carbocycles. The van der Waals surface area contributed by atoms with Crippen LogP contribution in [0.2, 0.25) is 0 Å². The Hall–Kier alpha value is -2.63. The molecule has 4 heterocycles. The largest absolute Gasteiger partial charge is 0.482 e. The molecule has 1 aromatic heterocycles. The monoisotopic (exact) mass is 409 g/mol. The van der Waals surface area contributed by atoms with E-state index in [9.17, 15) is 4.79 Å². The van der Waals surface area contributed by atoms with Gasteiger partial charge in [0.15, 0.2) is 11.7 Å². The van der Waals surface area contributed by atoms with E-state index in [2.05, 4.69) is 16.3 Å². The predicted octanol–water partition coefficient (Wildman–Crippen LogP) is 1.92. The molecule has 3 aliphatic rings. The Bertz CT molecular complexity index is 952. The molecule has 2 atom stereocenters. The van der Waals surface area contributed by atoms with Gasteiger partial charge in [-0.3, -0.25) is 4.79 Å². The van der Waals surface area contributed by atoms with E-state index in [1.54, 1.807) is 35.6 Å². The summed E-state index contributed by atoms with van der Waals surface area (Å²) in [5, 5.41) is 13.8. The summed E-state index contributed by atoms with van der Waals surface area (Å²) in [6.45, 7) is 3.27. The molecule has 0 aliphatic carbocycles. The molecule has 1 amide bonds. The van der Waals surface area contributed by atoms with Crippen LogP contribution in [0.15, 0.2) is 24.3 Å². The Morgan fingerprint density at radius 1 is 1.31 bits per heavy atom. The Morgan fingerprint density at radius 2 is 2.10 bits per heavy atom. The number of nitrogens with one attached hydrogen (secondary N) is 1. The van der Waals surface area contributed by atoms with Crippen LogP contribution in [0.25, 0.3) is 0 Å². The van der Waals surface area contributed by atoms with Gasteiger partial charge >= 0.3 is 0 Å². The first-order valence-electron chi connectivity index (χ1n) is 10.1. The van der Waals surface area contributed by atoms with Crippen LogP contribution in [0.1, 0.15) is 29.0 Å². The van der Waals surface area contributed by atoms with E-state index in [1.165, 1.54) is 17.7 Å². The fourth-order valence-electron chi connectivity index (χ4n) is 4.51. The number of nitriles is 1. The maximum atomic E-state index is 12.7. The number of benzene rings is 1. The lowest BCUT2D eigenvalue weighted by atomic mass is 10.2. The third-order valence-corrected chi connectivity index (χ3v) is 7.13. The highest BCUT2D eigenvalue weighted by Crippen LogP contribution is 2.38. The fourth-order valence-corrected chi connectivity index (χ4v) is 5.78. The van der Waals surface area contributed by atoms with Crippen molar-refractivity contribution in [2.24, 2.45) is 0 Å². The molecule has 0 spiro atoms. The lowest BCUT2D eigenvalue weighted by Crippen LogP contribution is -2.51. The lowest BCUT2D eigenvalue weighted by molar-refractivity contribution is -0.134. The minimum Gasteiger partial charge on any atom is -0.482 e. The number of rotatable bonds is 4. The standard InChI is InChI=1S/C21H23N5O2S/c22-9-14-3-1-2-4-18(14)28-13-20(27)25-8-7-17-19(12-25)29-21(24-17)26-15-5-6-16(26)11-23-10-15/h1-4,15-16,23H,5-8,10-13H2. The summed E-state index contributed by atoms with van der Waals surface area (Å²) in [7, 11) is 0. The van der Waals surface area contributed by atoms with Crippen molar-refractivity contribution < 1.29 is 9.53 Å². The number of hydrogen-bond acceptors (Lipinski definition) is 7. The van der Waals surface area contributed by atoms with E-state index in [4.69, 9.17) is 15.0 Å². The summed E-state index contributed by atoms with van der Waals surface area (Å²) >= 11 is 1.74. The van der Waals surface area contributed by atoms with Gasteiger partial charge in [-0.05, 0) is 25.0 Å². The Kier molecular flexibility index (Phi) is 4.86. The number of hydrogen-bond donors (Lipinski definition) is 1. The van der Waals surface area contributed by atoms with Gasteiger partial charge in [-0.15, -0.1) is 0 Å². The molecular formula is C21H23N5O2S. The van der Waals surface area contributed by atoms with Gasteiger partial charge in [0.1, 0.15) is 11.8 Å². The highest BCUT2D eigenvalue weighted by atomic mass is 32.1. The van der Waals surface area contributed by atoms with Crippen LogP contribution in [0.5, 0.6) is 5.75 Å².